The summed E-state index contributed by atoms with van der Waals surface area (Å²) in [4.78, 5) is 0. The normalized spacial score (nSPS) is 11.3. The van der Waals surface area contributed by atoms with Crippen LogP contribution in [0.1, 0.15) is 6.42 Å². The van der Waals surface area contributed by atoms with E-state index in [2.05, 4.69) is 10.1 Å². The van der Waals surface area contributed by atoms with E-state index in [1.54, 1.807) is 7.11 Å². The minimum absolute atomic E-state index is 0.0798. The van der Waals surface area contributed by atoms with E-state index in [0.29, 0.717) is 13.0 Å². The van der Waals surface area contributed by atoms with Gasteiger partial charge in [-0.05, 0) is 18.6 Å². The van der Waals surface area contributed by atoms with Gasteiger partial charge in [0.2, 0.25) is 0 Å². The summed E-state index contributed by atoms with van der Waals surface area (Å²) in [7, 11) is 1.57. The molecule has 102 valence electrons. The minimum Gasteiger partial charge on any atom is -0.497 e. The fourth-order valence-electron chi connectivity index (χ4n) is 1.33. The summed E-state index contributed by atoms with van der Waals surface area (Å²) in [5, 5.41) is 3.08. The number of hydrogen-bond acceptors (Lipinski definition) is 3. The van der Waals surface area contributed by atoms with Gasteiger partial charge in [0, 0.05) is 24.9 Å². The van der Waals surface area contributed by atoms with E-state index in [9.17, 15) is 13.2 Å². The molecule has 0 fully saturated rings. The number of hydrogen-bond donors (Lipinski definition) is 1. The Morgan fingerprint density at radius 3 is 2.72 bits per heavy atom. The summed E-state index contributed by atoms with van der Waals surface area (Å²) in [5.41, 5.74) is 0.866. The van der Waals surface area contributed by atoms with Gasteiger partial charge in [0.25, 0.3) is 0 Å². The Labute approximate surface area is 104 Å². The zero-order valence-corrected chi connectivity index (χ0v) is 10.1. The first-order valence-corrected chi connectivity index (χ1v) is 5.54. The Morgan fingerprint density at radius 1 is 1.28 bits per heavy atom. The van der Waals surface area contributed by atoms with Crippen LogP contribution in [0, 0.1) is 0 Å². The quantitative estimate of drug-likeness (QED) is 0.767. The average molecular weight is 263 g/mol. The van der Waals surface area contributed by atoms with E-state index >= 15 is 0 Å². The highest BCUT2D eigenvalue weighted by Crippen LogP contribution is 2.17. The molecule has 6 heteroatoms. The number of ether oxygens (including phenoxy) is 2. The molecule has 18 heavy (non-hydrogen) atoms. The molecule has 0 heterocycles. The van der Waals surface area contributed by atoms with Gasteiger partial charge in [0.05, 0.1) is 7.11 Å². The van der Waals surface area contributed by atoms with Crippen molar-refractivity contribution in [2.45, 2.75) is 12.6 Å². The van der Waals surface area contributed by atoms with Crippen molar-refractivity contribution in [3.63, 3.8) is 0 Å². The zero-order valence-electron chi connectivity index (χ0n) is 10.1. The van der Waals surface area contributed by atoms with Gasteiger partial charge < -0.3 is 14.8 Å². The Hall–Kier alpha value is -1.43. The van der Waals surface area contributed by atoms with Crippen LogP contribution >= 0.6 is 0 Å². The molecule has 0 bridgehead atoms. The van der Waals surface area contributed by atoms with Gasteiger partial charge in [-0.15, -0.1) is 0 Å². The summed E-state index contributed by atoms with van der Waals surface area (Å²) in [5.74, 6) is 0.730. The Kier molecular flexibility index (Phi) is 5.77. The summed E-state index contributed by atoms with van der Waals surface area (Å²) in [6.07, 6.45) is -3.74. The maximum Gasteiger partial charge on any atom is 0.411 e. The molecular weight excluding hydrogens is 247 g/mol. The van der Waals surface area contributed by atoms with Crippen LogP contribution in [0.4, 0.5) is 18.9 Å². The summed E-state index contributed by atoms with van der Waals surface area (Å²) < 4.78 is 44.8. The summed E-state index contributed by atoms with van der Waals surface area (Å²) in [6.45, 7) is -0.562. The van der Waals surface area contributed by atoms with E-state index in [4.69, 9.17) is 4.74 Å². The second kappa shape index (κ2) is 7.10. The minimum atomic E-state index is -4.25. The van der Waals surface area contributed by atoms with Gasteiger partial charge in [0.1, 0.15) is 12.4 Å². The average Bonchev–Trinajstić information content (AvgIpc) is 2.32. The van der Waals surface area contributed by atoms with Crippen LogP contribution in [-0.2, 0) is 4.74 Å². The second-order valence-corrected chi connectivity index (χ2v) is 3.68. The maximum absolute atomic E-state index is 11.8. The largest absolute Gasteiger partial charge is 0.497 e. The third-order valence-electron chi connectivity index (χ3n) is 2.13. The van der Waals surface area contributed by atoms with Crippen LogP contribution in [0.5, 0.6) is 5.75 Å². The highest BCUT2D eigenvalue weighted by atomic mass is 19.4. The lowest BCUT2D eigenvalue weighted by molar-refractivity contribution is -0.173. The highest BCUT2D eigenvalue weighted by molar-refractivity contribution is 5.47. The summed E-state index contributed by atoms with van der Waals surface area (Å²) in [6, 6.07) is 7.33. The number of alkyl halides is 3. The van der Waals surface area contributed by atoms with Gasteiger partial charge in [-0.3, -0.25) is 0 Å². The number of nitrogens with one attached hydrogen (secondary N) is 1. The smallest absolute Gasteiger partial charge is 0.411 e. The Balaban J connectivity index is 2.14. The van der Waals surface area contributed by atoms with Crippen molar-refractivity contribution in [3.8, 4) is 5.75 Å². The molecule has 0 aromatic heterocycles. The third-order valence-corrected chi connectivity index (χ3v) is 2.13. The molecule has 3 nitrogen and oxygen atoms in total. The first-order valence-electron chi connectivity index (χ1n) is 5.54. The molecule has 1 rings (SSSR count). The van der Waals surface area contributed by atoms with Crippen molar-refractivity contribution in [1.82, 2.24) is 0 Å². The van der Waals surface area contributed by atoms with Crippen LogP contribution in [-0.4, -0.2) is 33.0 Å². The topological polar surface area (TPSA) is 30.5 Å². The van der Waals surface area contributed by atoms with E-state index in [-0.39, 0.29) is 6.61 Å². The molecule has 0 radical (unpaired) electrons. The van der Waals surface area contributed by atoms with E-state index < -0.39 is 12.8 Å². The van der Waals surface area contributed by atoms with Crippen LogP contribution < -0.4 is 10.1 Å². The first-order chi connectivity index (χ1) is 8.51. The predicted octanol–water partition coefficient (Wildman–Crippen LogP) is 3.08. The number of methoxy groups -OCH3 is 1. The van der Waals surface area contributed by atoms with E-state index in [1.807, 2.05) is 24.3 Å². The number of halogens is 3. The molecule has 1 aromatic rings. The maximum atomic E-state index is 11.8. The van der Waals surface area contributed by atoms with E-state index in [1.165, 1.54) is 0 Å². The lowest BCUT2D eigenvalue weighted by Crippen LogP contribution is -2.18. The molecule has 0 aliphatic carbocycles. The molecule has 0 atom stereocenters. The van der Waals surface area contributed by atoms with Crippen molar-refractivity contribution in [3.05, 3.63) is 24.3 Å². The van der Waals surface area contributed by atoms with Crippen LogP contribution in [0.15, 0.2) is 24.3 Å². The monoisotopic (exact) mass is 263 g/mol. The van der Waals surface area contributed by atoms with Crippen LogP contribution in [0.25, 0.3) is 0 Å². The molecule has 0 aliphatic rings. The lowest BCUT2D eigenvalue weighted by atomic mass is 10.3. The number of rotatable bonds is 7. The molecule has 0 spiro atoms. The number of anilines is 1. The molecule has 0 saturated carbocycles. The van der Waals surface area contributed by atoms with Crippen molar-refractivity contribution < 1.29 is 22.6 Å². The summed E-state index contributed by atoms with van der Waals surface area (Å²) >= 11 is 0. The fraction of sp³-hybridized carbons (Fsp3) is 0.500. The molecule has 0 saturated heterocycles. The molecule has 1 aromatic carbocycles. The predicted molar refractivity (Wildman–Crippen MR) is 63.0 cm³/mol. The first kappa shape index (κ1) is 14.6. The van der Waals surface area contributed by atoms with Crippen molar-refractivity contribution >= 4 is 5.69 Å². The van der Waals surface area contributed by atoms with E-state index in [0.717, 1.165) is 11.4 Å². The van der Waals surface area contributed by atoms with Crippen LogP contribution in [0.2, 0.25) is 0 Å². The van der Waals surface area contributed by atoms with Crippen molar-refractivity contribution in [2.24, 2.45) is 0 Å². The second-order valence-electron chi connectivity index (χ2n) is 3.68. The third kappa shape index (κ3) is 6.34. The molecular formula is C12H16F3NO2. The highest BCUT2D eigenvalue weighted by Gasteiger charge is 2.27. The number of benzene rings is 1. The van der Waals surface area contributed by atoms with Gasteiger partial charge in [-0.2, -0.15) is 13.2 Å². The van der Waals surface area contributed by atoms with Gasteiger partial charge in [-0.1, -0.05) is 6.07 Å². The van der Waals surface area contributed by atoms with Gasteiger partial charge in [0.15, 0.2) is 0 Å². The van der Waals surface area contributed by atoms with Crippen molar-refractivity contribution in [1.29, 1.82) is 0 Å². The SMILES string of the molecule is COc1cccc(NCCCOCC(F)(F)F)c1. The van der Waals surface area contributed by atoms with Crippen LogP contribution in [0.3, 0.4) is 0 Å². The Bertz CT molecular complexity index is 355. The molecule has 1 N–H and O–H groups in total. The molecule has 0 amide bonds. The zero-order chi connectivity index (χ0) is 13.4. The standard InChI is InChI=1S/C12H16F3NO2/c1-17-11-5-2-4-10(8-11)16-6-3-7-18-9-12(13,14)15/h2,4-5,8,16H,3,6-7,9H2,1H3. The lowest BCUT2D eigenvalue weighted by Gasteiger charge is -2.09. The van der Waals surface area contributed by atoms with Gasteiger partial charge in [-0.25, -0.2) is 0 Å². The molecule has 0 unspecified atom stereocenters. The fourth-order valence-corrected chi connectivity index (χ4v) is 1.33. The van der Waals surface area contributed by atoms with Crippen molar-refractivity contribution in [2.75, 3.05) is 32.2 Å². The molecule has 0 aliphatic heterocycles. The van der Waals surface area contributed by atoms with Gasteiger partial charge >= 0.3 is 6.18 Å². The Morgan fingerprint density at radius 2 is 2.06 bits per heavy atom.